The number of morpholine rings is 1. The number of halogens is 3. The first-order valence-corrected chi connectivity index (χ1v) is 7.88. The monoisotopic (exact) mass is 394 g/mol. The molecule has 1 heterocycles. The number of hydrogen-bond acceptors (Lipinski definition) is 3. The Bertz CT molecular complexity index is 498. The summed E-state index contributed by atoms with van der Waals surface area (Å²) in [6.45, 7) is 4.01. The zero-order valence-corrected chi connectivity index (χ0v) is 14.8. The minimum absolute atomic E-state index is 0. The summed E-state index contributed by atoms with van der Waals surface area (Å²) in [4.78, 5) is 12.0. The van der Waals surface area contributed by atoms with Gasteiger partial charge in [0.25, 0.3) is 0 Å². The van der Waals surface area contributed by atoms with Crippen molar-refractivity contribution in [3.63, 3.8) is 0 Å². The average Bonchev–Trinajstić information content (AvgIpc) is 2.43. The van der Waals surface area contributed by atoms with Gasteiger partial charge in [0.1, 0.15) is 5.82 Å². The molecule has 2 rings (SSSR count). The number of carbonyl (C=O) groups excluding carboxylic acids is 1. The maximum Gasteiger partial charge on any atom is 0.221 e. The summed E-state index contributed by atoms with van der Waals surface area (Å²) in [6.07, 6.45) is 1.08. The van der Waals surface area contributed by atoms with Gasteiger partial charge in [-0.25, -0.2) is 4.39 Å². The van der Waals surface area contributed by atoms with Gasteiger partial charge < -0.3 is 15.4 Å². The molecule has 0 bridgehead atoms. The van der Waals surface area contributed by atoms with Gasteiger partial charge in [-0.1, -0.05) is 6.07 Å². The van der Waals surface area contributed by atoms with Gasteiger partial charge in [-0.2, -0.15) is 0 Å². The van der Waals surface area contributed by atoms with Crippen molar-refractivity contribution in [1.29, 1.82) is 0 Å². The highest BCUT2D eigenvalue weighted by atomic mass is 79.9. The van der Waals surface area contributed by atoms with E-state index in [9.17, 15) is 9.18 Å². The smallest absolute Gasteiger partial charge is 0.221 e. The predicted molar refractivity (Wildman–Crippen MR) is 89.9 cm³/mol. The standard InChI is InChI=1S/C15H20BrFN2O2.ClH/c1-10(6-11-2-3-14(17)13(16)7-11)19-15(20)8-12-9-21-5-4-18-12;/h2-3,7,10,12,18H,4-6,8-9H2,1H3,(H,19,20);1H. The van der Waals surface area contributed by atoms with Crippen molar-refractivity contribution >= 4 is 34.2 Å². The number of amides is 1. The van der Waals surface area contributed by atoms with E-state index in [4.69, 9.17) is 4.74 Å². The fourth-order valence-corrected chi connectivity index (χ4v) is 2.81. The van der Waals surface area contributed by atoms with Gasteiger partial charge in [0.2, 0.25) is 5.91 Å². The van der Waals surface area contributed by atoms with Crippen LogP contribution in [-0.2, 0) is 16.0 Å². The summed E-state index contributed by atoms with van der Waals surface area (Å²) in [5.41, 5.74) is 0.982. The van der Waals surface area contributed by atoms with E-state index >= 15 is 0 Å². The molecule has 2 unspecified atom stereocenters. The lowest BCUT2D eigenvalue weighted by molar-refractivity contribution is -0.122. The second-order valence-corrected chi connectivity index (χ2v) is 6.21. The maximum absolute atomic E-state index is 13.2. The van der Waals surface area contributed by atoms with E-state index in [-0.39, 0.29) is 36.2 Å². The Morgan fingerprint density at radius 3 is 3.00 bits per heavy atom. The molecule has 1 fully saturated rings. The van der Waals surface area contributed by atoms with Gasteiger partial charge in [-0.05, 0) is 47.0 Å². The normalized spacial score (nSPS) is 19.1. The number of ether oxygens (including phenoxy) is 1. The molecule has 2 atom stereocenters. The van der Waals surface area contributed by atoms with Crippen molar-refractivity contribution in [1.82, 2.24) is 10.6 Å². The summed E-state index contributed by atoms with van der Waals surface area (Å²) in [6, 6.07) is 5.00. The fraction of sp³-hybridized carbons (Fsp3) is 0.533. The maximum atomic E-state index is 13.2. The van der Waals surface area contributed by atoms with Gasteiger partial charge >= 0.3 is 0 Å². The lowest BCUT2D eigenvalue weighted by atomic mass is 10.1. The molecule has 1 saturated heterocycles. The van der Waals surface area contributed by atoms with Crippen molar-refractivity contribution in [3.8, 4) is 0 Å². The van der Waals surface area contributed by atoms with Crippen LogP contribution in [0.15, 0.2) is 22.7 Å². The molecule has 124 valence electrons. The van der Waals surface area contributed by atoms with E-state index in [2.05, 4.69) is 26.6 Å². The molecule has 0 aliphatic carbocycles. The van der Waals surface area contributed by atoms with Crippen LogP contribution in [0, 0.1) is 5.82 Å². The summed E-state index contributed by atoms with van der Waals surface area (Å²) < 4.78 is 18.9. The number of nitrogens with one attached hydrogen (secondary N) is 2. The molecule has 0 radical (unpaired) electrons. The molecule has 0 aromatic heterocycles. The Hall–Kier alpha value is -0.690. The SMILES string of the molecule is CC(Cc1ccc(F)c(Br)c1)NC(=O)CC1COCCN1.Cl. The van der Waals surface area contributed by atoms with Crippen LogP contribution in [0.1, 0.15) is 18.9 Å². The van der Waals surface area contributed by atoms with Crippen molar-refractivity contribution in [2.24, 2.45) is 0 Å². The van der Waals surface area contributed by atoms with E-state index in [1.165, 1.54) is 6.07 Å². The van der Waals surface area contributed by atoms with Crippen LogP contribution in [0.4, 0.5) is 4.39 Å². The second-order valence-electron chi connectivity index (χ2n) is 5.35. The van der Waals surface area contributed by atoms with Crippen molar-refractivity contribution < 1.29 is 13.9 Å². The third-order valence-electron chi connectivity index (χ3n) is 3.36. The molecule has 0 saturated carbocycles. The first kappa shape index (κ1) is 19.4. The van der Waals surface area contributed by atoms with E-state index in [0.29, 0.717) is 30.5 Å². The van der Waals surface area contributed by atoms with Crippen LogP contribution >= 0.6 is 28.3 Å². The second kappa shape index (κ2) is 9.45. The largest absolute Gasteiger partial charge is 0.378 e. The predicted octanol–water partition coefficient (Wildman–Crippen LogP) is 2.44. The topological polar surface area (TPSA) is 50.4 Å². The van der Waals surface area contributed by atoms with Gasteiger partial charge in [0.15, 0.2) is 0 Å². The Morgan fingerprint density at radius 2 is 2.36 bits per heavy atom. The van der Waals surface area contributed by atoms with Gasteiger partial charge in [0, 0.05) is 25.0 Å². The van der Waals surface area contributed by atoms with Crippen LogP contribution in [0.3, 0.4) is 0 Å². The van der Waals surface area contributed by atoms with Crippen molar-refractivity contribution in [3.05, 3.63) is 34.1 Å². The molecule has 22 heavy (non-hydrogen) atoms. The summed E-state index contributed by atoms with van der Waals surface area (Å²) in [5.74, 6) is -0.273. The molecule has 1 aliphatic heterocycles. The number of carbonyl (C=O) groups is 1. The Labute approximate surface area is 144 Å². The van der Waals surface area contributed by atoms with Gasteiger partial charge in [-0.3, -0.25) is 4.79 Å². The van der Waals surface area contributed by atoms with Crippen LogP contribution in [0.25, 0.3) is 0 Å². The lowest BCUT2D eigenvalue weighted by Crippen LogP contribution is -2.45. The van der Waals surface area contributed by atoms with Crippen molar-refractivity contribution in [2.45, 2.75) is 31.8 Å². The number of rotatable bonds is 5. The fourth-order valence-electron chi connectivity index (χ4n) is 2.38. The molecule has 1 amide bonds. The third kappa shape index (κ3) is 6.20. The zero-order chi connectivity index (χ0) is 15.2. The lowest BCUT2D eigenvalue weighted by Gasteiger charge is -2.24. The zero-order valence-electron chi connectivity index (χ0n) is 12.4. The minimum atomic E-state index is -0.279. The number of hydrogen-bond donors (Lipinski definition) is 2. The average molecular weight is 396 g/mol. The molecule has 1 aromatic carbocycles. The van der Waals surface area contributed by atoms with Crippen LogP contribution < -0.4 is 10.6 Å². The molecule has 1 aliphatic rings. The number of benzene rings is 1. The molecular formula is C15H21BrClFN2O2. The highest BCUT2D eigenvalue weighted by Crippen LogP contribution is 2.17. The van der Waals surface area contributed by atoms with E-state index < -0.39 is 0 Å². The minimum Gasteiger partial charge on any atom is -0.378 e. The van der Waals surface area contributed by atoms with E-state index in [1.54, 1.807) is 12.1 Å². The third-order valence-corrected chi connectivity index (χ3v) is 3.97. The summed E-state index contributed by atoms with van der Waals surface area (Å²) in [5, 5.41) is 6.22. The first-order chi connectivity index (χ1) is 10.0. The van der Waals surface area contributed by atoms with Gasteiger partial charge in [-0.15, -0.1) is 12.4 Å². The van der Waals surface area contributed by atoms with Crippen LogP contribution in [0.5, 0.6) is 0 Å². The molecule has 1 aromatic rings. The Balaban J connectivity index is 0.00000242. The highest BCUT2D eigenvalue weighted by molar-refractivity contribution is 9.10. The molecule has 2 N–H and O–H groups in total. The Morgan fingerprint density at radius 1 is 1.59 bits per heavy atom. The summed E-state index contributed by atoms with van der Waals surface area (Å²) >= 11 is 3.17. The van der Waals surface area contributed by atoms with E-state index in [0.717, 1.165) is 12.1 Å². The van der Waals surface area contributed by atoms with Crippen LogP contribution in [0.2, 0.25) is 0 Å². The highest BCUT2D eigenvalue weighted by Gasteiger charge is 2.18. The molecule has 4 nitrogen and oxygen atoms in total. The quantitative estimate of drug-likeness (QED) is 0.805. The molecule has 0 spiro atoms. The van der Waals surface area contributed by atoms with Crippen molar-refractivity contribution in [2.75, 3.05) is 19.8 Å². The first-order valence-electron chi connectivity index (χ1n) is 7.09. The van der Waals surface area contributed by atoms with Gasteiger partial charge in [0.05, 0.1) is 17.7 Å². The molecule has 7 heteroatoms. The van der Waals surface area contributed by atoms with E-state index in [1.807, 2.05) is 6.92 Å². The summed E-state index contributed by atoms with van der Waals surface area (Å²) in [7, 11) is 0. The Kier molecular flexibility index (Phi) is 8.31. The van der Waals surface area contributed by atoms with Crippen LogP contribution in [-0.4, -0.2) is 37.7 Å². The molecular weight excluding hydrogens is 375 g/mol.